The van der Waals surface area contributed by atoms with Crippen LogP contribution in [-0.2, 0) is 0 Å². The highest BCUT2D eigenvalue weighted by Gasteiger charge is 2.21. The van der Waals surface area contributed by atoms with E-state index < -0.39 is 0 Å². The van der Waals surface area contributed by atoms with E-state index in [0.29, 0.717) is 5.92 Å². The van der Waals surface area contributed by atoms with Crippen LogP contribution < -0.4 is 4.90 Å². The van der Waals surface area contributed by atoms with Gasteiger partial charge in [0, 0.05) is 30.6 Å². The maximum Gasteiger partial charge on any atom is 0.0936 e. The average molecular weight is 504 g/mol. The van der Waals surface area contributed by atoms with Gasteiger partial charge in [0.15, 0.2) is 0 Å². The van der Waals surface area contributed by atoms with Crippen LogP contribution in [0.3, 0.4) is 0 Å². The Morgan fingerprint density at radius 1 is 0.632 bits per heavy atom. The van der Waals surface area contributed by atoms with Crippen LogP contribution in [0.5, 0.6) is 0 Å². The minimum atomic E-state index is 0.686. The van der Waals surface area contributed by atoms with E-state index in [1.54, 1.807) is 0 Å². The Kier molecular flexibility index (Phi) is 8.22. The molecule has 0 radical (unpaired) electrons. The molecule has 38 heavy (non-hydrogen) atoms. The highest BCUT2D eigenvalue weighted by Crippen LogP contribution is 2.38. The molecule has 4 aromatic carbocycles. The molecule has 1 saturated carbocycles. The number of hydrogen-bond donors (Lipinski definition) is 0. The molecule has 0 heterocycles. The van der Waals surface area contributed by atoms with E-state index in [1.165, 1.54) is 44.1 Å². The first-order valence-corrected chi connectivity index (χ1v) is 13.8. The SMILES string of the molecule is CCCC1CCC(c2ccc(N=Nc3ccc(N=Nc4ccc(N(C)C)cc4)c4ccccc34)cc2)CC1. The molecule has 4 aromatic rings. The van der Waals surface area contributed by atoms with Gasteiger partial charge in [-0.15, -0.1) is 10.2 Å². The maximum absolute atomic E-state index is 4.61. The third-order valence-corrected chi connectivity index (χ3v) is 7.70. The molecule has 0 atom stereocenters. The van der Waals surface area contributed by atoms with E-state index in [-0.39, 0.29) is 0 Å². The van der Waals surface area contributed by atoms with Crippen molar-refractivity contribution in [1.29, 1.82) is 0 Å². The smallest absolute Gasteiger partial charge is 0.0936 e. The molecule has 1 aliphatic carbocycles. The van der Waals surface area contributed by atoms with Gasteiger partial charge in [-0.2, -0.15) is 10.2 Å². The lowest BCUT2D eigenvalue weighted by Gasteiger charge is -2.28. The zero-order chi connectivity index (χ0) is 26.3. The summed E-state index contributed by atoms with van der Waals surface area (Å²) in [5, 5.41) is 20.2. The van der Waals surface area contributed by atoms with Crippen molar-refractivity contribution in [2.75, 3.05) is 19.0 Å². The summed E-state index contributed by atoms with van der Waals surface area (Å²) in [6.45, 7) is 2.30. The number of nitrogens with zero attached hydrogens (tertiary/aromatic N) is 5. The van der Waals surface area contributed by atoms with Crippen LogP contribution >= 0.6 is 0 Å². The number of azo groups is 2. The Bertz CT molecular complexity index is 1400. The van der Waals surface area contributed by atoms with Gasteiger partial charge in [0.25, 0.3) is 0 Å². The Labute approximate surface area is 226 Å². The fourth-order valence-corrected chi connectivity index (χ4v) is 5.49. The molecule has 0 aliphatic heterocycles. The normalized spacial score (nSPS) is 18.0. The Morgan fingerprint density at radius 3 is 1.66 bits per heavy atom. The molecule has 1 fully saturated rings. The van der Waals surface area contributed by atoms with E-state index in [2.05, 4.69) is 68.7 Å². The van der Waals surface area contributed by atoms with Gasteiger partial charge < -0.3 is 4.90 Å². The van der Waals surface area contributed by atoms with Crippen molar-refractivity contribution < 1.29 is 0 Å². The minimum absolute atomic E-state index is 0.686. The van der Waals surface area contributed by atoms with Gasteiger partial charge in [-0.1, -0.05) is 56.2 Å². The van der Waals surface area contributed by atoms with Crippen molar-refractivity contribution in [3.63, 3.8) is 0 Å². The molecule has 0 unspecified atom stereocenters. The van der Waals surface area contributed by atoms with Gasteiger partial charge in [-0.05, 0) is 91.6 Å². The Balaban J connectivity index is 1.30. The number of fused-ring (bicyclic) bond motifs is 1. The summed E-state index contributed by atoms with van der Waals surface area (Å²) in [4.78, 5) is 2.06. The second kappa shape index (κ2) is 12.1. The monoisotopic (exact) mass is 503 g/mol. The molecule has 0 N–H and O–H groups in total. The predicted octanol–water partition coefficient (Wildman–Crippen LogP) is 10.8. The second-order valence-electron chi connectivity index (χ2n) is 10.6. The average Bonchev–Trinajstić information content (AvgIpc) is 2.96. The molecule has 0 amide bonds. The molecular weight excluding hydrogens is 466 g/mol. The van der Waals surface area contributed by atoms with Crippen LogP contribution in [0, 0.1) is 5.92 Å². The van der Waals surface area contributed by atoms with Gasteiger partial charge in [-0.25, -0.2) is 0 Å². The summed E-state index contributed by atoms with van der Waals surface area (Å²) in [6, 6.07) is 28.8. The lowest BCUT2D eigenvalue weighted by atomic mass is 9.77. The molecule has 1 aliphatic rings. The van der Waals surface area contributed by atoms with Gasteiger partial charge in [0.1, 0.15) is 0 Å². The van der Waals surface area contributed by atoms with Crippen LogP contribution in [0.1, 0.15) is 56.9 Å². The van der Waals surface area contributed by atoms with Crippen LogP contribution in [0.25, 0.3) is 10.8 Å². The number of hydrogen-bond acceptors (Lipinski definition) is 5. The van der Waals surface area contributed by atoms with Crippen molar-refractivity contribution in [2.45, 2.75) is 51.4 Å². The standard InChI is InChI=1S/C33H37N5/c1-4-7-24-10-12-25(13-11-24)26-14-16-27(17-15-26)34-36-32-22-23-33(31-9-6-5-8-30(31)32)37-35-28-18-20-29(21-19-28)38(2)3/h5-6,8-9,14-25H,4,7,10-13H2,1-3H3. The third-order valence-electron chi connectivity index (χ3n) is 7.70. The first-order valence-electron chi connectivity index (χ1n) is 13.8. The van der Waals surface area contributed by atoms with Gasteiger partial charge >= 0.3 is 0 Å². The lowest BCUT2D eigenvalue weighted by Crippen LogP contribution is -2.13. The Hall–Kier alpha value is -3.86. The predicted molar refractivity (Wildman–Crippen MR) is 159 cm³/mol. The molecule has 0 bridgehead atoms. The number of benzene rings is 4. The first kappa shape index (κ1) is 25.8. The molecule has 5 heteroatoms. The largest absolute Gasteiger partial charge is 0.378 e. The zero-order valence-corrected chi connectivity index (χ0v) is 22.7. The molecule has 194 valence electrons. The van der Waals surface area contributed by atoms with Crippen molar-refractivity contribution in [1.82, 2.24) is 0 Å². The summed E-state index contributed by atoms with van der Waals surface area (Å²) in [6.07, 6.45) is 8.04. The van der Waals surface area contributed by atoms with Crippen molar-refractivity contribution in [3.8, 4) is 0 Å². The van der Waals surface area contributed by atoms with E-state index in [1.807, 2.05) is 62.6 Å². The molecule has 0 aromatic heterocycles. The van der Waals surface area contributed by atoms with Gasteiger partial charge in [0.05, 0.1) is 22.7 Å². The van der Waals surface area contributed by atoms with Crippen LogP contribution in [-0.4, -0.2) is 14.1 Å². The molecule has 5 nitrogen and oxygen atoms in total. The van der Waals surface area contributed by atoms with E-state index >= 15 is 0 Å². The highest BCUT2D eigenvalue weighted by atomic mass is 15.1. The maximum atomic E-state index is 4.61. The number of rotatable bonds is 8. The summed E-state index contributed by atoms with van der Waals surface area (Å²) in [7, 11) is 4.05. The second-order valence-corrected chi connectivity index (χ2v) is 10.6. The minimum Gasteiger partial charge on any atom is -0.378 e. The summed E-state index contributed by atoms with van der Waals surface area (Å²) in [5.74, 6) is 1.62. The van der Waals surface area contributed by atoms with E-state index in [0.717, 1.165) is 45.1 Å². The summed E-state index contributed by atoms with van der Waals surface area (Å²) < 4.78 is 0. The highest BCUT2D eigenvalue weighted by molar-refractivity contribution is 5.99. The molecule has 0 saturated heterocycles. The van der Waals surface area contributed by atoms with E-state index in [4.69, 9.17) is 0 Å². The third kappa shape index (κ3) is 6.16. The fraction of sp³-hybridized carbons (Fsp3) is 0.333. The van der Waals surface area contributed by atoms with Crippen LogP contribution in [0.15, 0.2) is 105 Å². The van der Waals surface area contributed by atoms with Crippen molar-refractivity contribution in [2.24, 2.45) is 26.4 Å². The fourth-order valence-electron chi connectivity index (χ4n) is 5.49. The van der Waals surface area contributed by atoms with Crippen LogP contribution in [0.2, 0.25) is 0 Å². The molecule has 5 rings (SSSR count). The van der Waals surface area contributed by atoms with Crippen molar-refractivity contribution in [3.05, 3.63) is 90.5 Å². The van der Waals surface area contributed by atoms with Gasteiger partial charge in [0.2, 0.25) is 0 Å². The summed E-state index contributed by atoms with van der Waals surface area (Å²) >= 11 is 0. The molecule has 0 spiro atoms. The number of anilines is 1. The van der Waals surface area contributed by atoms with Gasteiger partial charge in [-0.3, -0.25) is 0 Å². The van der Waals surface area contributed by atoms with E-state index in [9.17, 15) is 0 Å². The molecular formula is C33H37N5. The Morgan fingerprint density at radius 2 is 1.16 bits per heavy atom. The van der Waals surface area contributed by atoms with Crippen LogP contribution in [0.4, 0.5) is 28.4 Å². The topological polar surface area (TPSA) is 52.7 Å². The first-order chi connectivity index (χ1) is 18.6. The quantitative estimate of drug-likeness (QED) is 0.221. The lowest BCUT2D eigenvalue weighted by molar-refractivity contribution is 0.308. The zero-order valence-electron chi connectivity index (χ0n) is 22.7. The van der Waals surface area contributed by atoms with Crippen molar-refractivity contribution >= 4 is 39.2 Å². The summed E-state index contributed by atoms with van der Waals surface area (Å²) in [5.41, 5.74) is 5.91.